The van der Waals surface area contributed by atoms with Crippen molar-refractivity contribution in [1.82, 2.24) is 14.9 Å². The topological polar surface area (TPSA) is 84.4 Å². The minimum absolute atomic E-state index is 0. The molecule has 0 unspecified atom stereocenters. The van der Waals surface area contributed by atoms with E-state index < -0.39 is 5.97 Å². The van der Waals surface area contributed by atoms with E-state index in [1.165, 1.54) is 7.11 Å². The van der Waals surface area contributed by atoms with Crippen molar-refractivity contribution < 1.29 is 14.3 Å². The molecule has 4 rings (SSSR count). The molecule has 1 amide bonds. The first-order chi connectivity index (χ1) is 14.1. The van der Waals surface area contributed by atoms with Gasteiger partial charge in [-0.3, -0.25) is 4.79 Å². The van der Waals surface area contributed by atoms with Crippen molar-refractivity contribution in [2.45, 2.75) is 19.8 Å². The van der Waals surface area contributed by atoms with Crippen LogP contribution in [0.4, 0.5) is 11.4 Å². The van der Waals surface area contributed by atoms with Crippen LogP contribution in [-0.2, 0) is 4.74 Å². The van der Waals surface area contributed by atoms with Gasteiger partial charge in [-0.05, 0) is 50.1 Å². The summed E-state index contributed by atoms with van der Waals surface area (Å²) in [5.74, 6) is -0.469. The fourth-order valence-corrected chi connectivity index (χ4v) is 3.55. The number of nitrogens with one attached hydrogen (secondary N) is 1. The molecule has 30 heavy (non-hydrogen) atoms. The number of hydrogen-bond donors (Lipinski definition) is 1. The van der Waals surface area contributed by atoms with Crippen LogP contribution in [0.1, 0.15) is 39.3 Å². The van der Waals surface area contributed by atoms with E-state index in [-0.39, 0.29) is 18.3 Å². The predicted octanol–water partition coefficient (Wildman–Crippen LogP) is 4.13. The van der Waals surface area contributed by atoms with Crippen molar-refractivity contribution in [2.24, 2.45) is 0 Å². The lowest BCUT2D eigenvalue weighted by molar-refractivity contribution is 0.0600. The molecule has 1 aromatic carbocycles. The first kappa shape index (κ1) is 21.5. The largest absolute Gasteiger partial charge is 0.465 e. The number of aryl methyl sites for hydroxylation is 1. The Morgan fingerprint density at radius 3 is 2.63 bits per heavy atom. The number of likely N-dealkylation sites (tertiary alicyclic amines) is 1. The van der Waals surface area contributed by atoms with Crippen molar-refractivity contribution >= 4 is 46.7 Å². The van der Waals surface area contributed by atoms with E-state index in [4.69, 9.17) is 4.74 Å². The summed E-state index contributed by atoms with van der Waals surface area (Å²) < 4.78 is 4.81. The van der Waals surface area contributed by atoms with E-state index in [1.807, 2.05) is 30.0 Å². The van der Waals surface area contributed by atoms with Gasteiger partial charge in [-0.25, -0.2) is 14.8 Å². The van der Waals surface area contributed by atoms with Crippen LogP contribution in [0.2, 0.25) is 0 Å². The Morgan fingerprint density at radius 1 is 1.13 bits per heavy atom. The molecule has 0 saturated carbocycles. The Labute approximate surface area is 180 Å². The quantitative estimate of drug-likeness (QED) is 0.631. The monoisotopic (exact) mass is 426 g/mol. The minimum atomic E-state index is -0.418. The number of nitrogens with zero attached hydrogens (tertiary/aromatic N) is 3. The summed E-state index contributed by atoms with van der Waals surface area (Å²) in [6.07, 6.45) is 3.61. The molecule has 156 valence electrons. The van der Waals surface area contributed by atoms with Crippen molar-refractivity contribution in [2.75, 3.05) is 25.5 Å². The molecule has 1 saturated heterocycles. The lowest BCUT2D eigenvalue weighted by Gasteiger charge is -2.19. The average molecular weight is 427 g/mol. The number of amides is 1. The smallest absolute Gasteiger partial charge is 0.337 e. The van der Waals surface area contributed by atoms with E-state index in [0.717, 1.165) is 37.0 Å². The molecule has 0 aliphatic carbocycles. The van der Waals surface area contributed by atoms with Crippen LogP contribution in [0.25, 0.3) is 11.0 Å². The molecular formula is C22H23ClN4O3. The van der Waals surface area contributed by atoms with Crippen molar-refractivity contribution in [3.63, 3.8) is 0 Å². The zero-order valence-corrected chi connectivity index (χ0v) is 17.7. The normalized spacial score (nSPS) is 13.1. The predicted molar refractivity (Wildman–Crippen MR) is 118 cm³/mol. The van der Waals surface area contributed by atoms with Gasteiger partial charge in [-0.1, -0.05) is 6.07 Å². The molecule has 1 aliphatic rings. The summed E-state index contributed by atoms with van der Waals surface area (Å²) in [5, 5.41) is 4.08. The summed E-state index contributed by atoms with van der Waals surface area (Å²) in [5.41, 5.74) is 3.65. The molecule has 1 fully saturated rings. The third-order valence-electron chi connectivity index (χ3n) is 5.05. The van der Waals surface area contributed by atoms with Gasteiger partial charge in [0.1, 0.15) is 0 Å². The highest BCUT2D eigenvalue weighted by atomic mass is 35.5. The van der Waals surface area contributed by atoms with Gasteiger partial charge in [0.2, 0.25) is 0 Å². The molecule has 2 aromatic heterocycles. The van der Waals surface area contributed by atoms with Gasteiger partial charge < -0.3 is 15.0 Å². The van der Waals surface area contributed by atoms with E-state index in [0.29, 0.717) is 28.1 Å². The molecule has 1 N–H and O–H groups in total. The van der Waals surface area contributed by atoms with Gasteiger partial charge in [0, 0.05) is 36.1 Å². The van der Waals surface area contributed by atoms with Crippen LogP contribution in [0.3, 0.4) is 0 Å². The van der Waals surface area contributed by atoms with Gasteiger partial charge in [0.15, 0.2) is 5.65 Å². The second-order valence-corrected chi connectivity index (χ2v) is 7.07. The standard InChI is InChI=1S/C22H22N4O3.ClH/c1-14-8-9-17-19(25-16-7-5-6-15(12-16)22(28)29-2)18(13-23-20(17)24-14)21(27)26-10-3-4-11-26;/h5-9,12-13H,3-4,10-11H2,1-2H3,(H,23,24,25);1H. The molecule has 8 heteroatoms. The van der Waals surface area contributed by atoms with E-state index in [2.05, 4.69) is 15.3 Å². The first-order valence-corrected chi connectivity index (χ1v) is 9.58. The highest BCUT2D eigenvalue weighted by molar-refractivity contribution is 6.07. The molecule has 3 heterocycles. The number of rotatable bonds is 4. The zero-order chi connectivity index (χ0) is 20.4. The third kappa shape index (κ3) is 4.21. The lowest BCUT2D eigenvalue weighted by atomic mass is 10.1. The molecule has 0 bridgehead atoms. The van der Waals surface area contributed by atoms with Crippen LogP contribution < -0.4 is 5.32 Å². The number of carbonyl (C=O) groups is 2. The highest BCUT2D eigenvalue weighted by Crippen LogP contribution is 2.30. The molecule has 0 radical (unpaired) electrons. The van der Waals surface area contributed by atoms with E-state index in [1.54, 1.807) is 24.4 Å². The SMILES string of the molecule is COC(=O)c1cccc(Nc2c(C(=O)N3CCCC3)cnc3nc(C)ccc23)c1.Cl. The second-order valence-electron chi connectivity index (χ2n) is 7.07. The Morgan fingerprint density at radius 2 is 1.90 bits per heavy atom. The fourth-order valence-electron chi connectivity index (χ4n) is 3.55. The van der Waals surface area contributed by atoms with Gasteiger partial charge in [-0.2, -0.15) is 0 Å². The van der Waals surface area contributed by atoms with Gasteiger partial charge in [0.05, 0.1) is 23.9 Å². The van der Waals surface area contributed by atoms with Crippen molar-refractivity contribution in [3.05, 3.63) is 59.4 Å². The molecule has 1 aliphatic heterocycles. The van der Waals surface area contributed by atoms with Crippen LogP contribution in [0.5, 0.6) is 0 Å². The number of carbonyl (C=O) groups excluding carboxylic acids is 2. The molecular weight excluding hydrogens is 404 g/mol. The van der Waals surface area contributed by atoms with Crippen LogP contribution >= 0.6 is 12.4 Å². The first-order valence-electron chi connectivity index (χ1n) is 9.58. The maximum absolute atomic E-state index is 13.1. The maximum Gasteiger partial charge on any atom is 0.337 e. The maximum atomic E-state index is 13.1. The van der Waals surface area contributed by atoms with Crippen LogP contribution in [0.15, 0.2) is 42.6 Å². The van der Waals surface area contributed by atoms with E-state index >= 15 is 0 Å². The van der Waals surface area contributed by atoms with Gasteiger partial charge in [-0.15, -0.1) is 12.4 Å². The number of pyridine rings is 2. The Kier molecular flexibility index (Phi) is 6.52. The highest BCUT2D eigenvalue weighted by Gasteiger charge is 2.24. The summed E-state index contributed by atoms with van der Waals surface area (Å²) in [7, 11) is 1.35. The molecule has 7 nitrogen and oxygen atoms in total. The van der Waals surface area contributed by atoms with Gasteiger partial charge >= 0.3 is 5.97 Å². The Hall–Kier alpha value is -3.19. The molecule has 3 aromatic rings. The van der Waals surface area contributed by atoms with Crippen LogP contribution in [-0.4, -0.2) is 46.9 Å². The molecule has 0 atom stereocenters. The second kappa shape index (κ2) is 9.09. The molecule has 0 spiro atoms. The summed E-state index contributed by atoms with van der Waals surface area (Å²) in [4.78, 5) is 35.8. The van der Waals surface area contributed by atoms with Gasteiger partial charge in [0.25, 0.3) is 5.91 Å². The third-order valence-corrected chi connectivity index (χ3v) is 5.05. The number of benzene rings is 1. The zero-order valence-electron chi connectivity index (χ0n) is 16.8. The number of methoxy groups -OCH3 is 1. The number of anilines is 2. The van der Waals surface area contributed by atoms with E-state index in [9.17, 15) is 9.59 Å². The number of ether oxygens (including phenoxy) is 1. The number of esters is 1. The number of fused-ring (bicyclic) bond motifs is 1. The Balaban J connectivity index is 0.00000256. The Bertz CT molecular complexity index is 1100. The summed E-state index contributed by atoms with van der Waals surface area (Å²) in [6, 6.07) is 10.8. The van der Waals surface area contributed by atoms with Crippen LogP contribution in [0, 0.1) is 6.92 Å². The lowest BCUT2D eigenvalue weighted by Crippen LogP contribution is -2.28. The summed E-state index contributed by atoms with van der Waals surface area (Å²) in [6.45, 7) is 3.40. The fraction of sp³-hybridized carbons (Fsp3) is 0.273. The van der Waals surface area contributed by atoms with Crippen molar-refractivity contribution in [1.29, 1.82) is 0 Å². The number of halogens is 1. The minimum Gasteiger partial charge on any atom is -0.465 e. The number of aromatic nitrogens is 2. The summed E-state index contributed by atoms with van der Waals surface area (Å²) >= 11 is 0. The van der Waals surface area contributed by atoms with Crippen molar-refractivity contribution in [3.8, 4) is 0 Å². The number of hydrogen-bond acceptors (Lipinski definition) is 6. The average Bonchev–Trinajstić information content (AvgIpc) is 3.28.